The van der Waals surface area contributed by atoms with Gasteiger partial charge >= 0.3 is 0 Å². The van der Waals surface area contributed by atoms with Gasteiger partial charge in [0.15, 0.2) is 5.96 Å². The van der Waals surface area contributed by atoms with Crippen LogP contribution in [0, 0.1) is 5.41 Å². The molecule has 0 atom stereocenters. The van der Waals surface area contributed by atoms with Crippen molar-refractivity contribution >= 4 is 29.9 Å². The summed E-state index contributed by atoms with van der Waals surface area (Å²) in [7, 11) is 3.90. The number of hydrogen-bond donors (Lipinski definition) is 1. The second-order valence-electron chi connectivity index (χ2n) is 6.23. The second-order valence-corrected chi connectivity index (χ2v) is 6.23. The molecule has 5 heteroatoms. The maximum atomic E-state index is 5.29. The Bertz CT molecular complexity index is 483. The second kappa shape index (κ2) is 8.72. The number of nitrogens with one attached hydrogen (secondary N) is 1. The van der Waals surface area contributed by atoms with E-state index in [0.717, 1.165) is 38.7 Å². The molecular weight excluding hydrogens is 389 g/mol. The molecule has 0 amide bonds. The summed E-state index contributed by atoms with van der Waals surface area (Å²) in [4.78, 5) is 6.53. The highest BCUT2D eigenvalue weighted by atomic mass is 127. The number of guanidine groups is 1. The van der Waals surface area contributed by atoms with E-state index in [1.54, 1.807) is 0 Å². The molecule has 1 aliphatic rings. The Hall–Kier alpha value is -0.820. The van der Waals surface area contributed by atoms with Gasteiger partial charge in [-0.3, -0.25) is 4.99 Å². The summed E-state index contributed by atoms with van der Waals surface area (Å²) >= 11 is 0. The van der Waals surface area contributed by atoms with Crippen LogP contribution in [0.5, 0.6) is 0 Å². The first-order valence-corrected chi connectivity index (χ1v) is 7.64. The molecule has 2 rings (SSSR count). The highest BCUT2D eigenvalue weighted by Crippen LogP contribution is 2.25. The van der Waals surface area contributed by atoms with Gasteiger partial charge in [0.25, 0.3) is 0 Å². The van der Waals surface area contributed by atoms with E-state index in [0.29, 0.717) is 0 Å². The maximum absolute atomic E-state index is 5.29. The van der Waals surface area contributed by atoms with E-state index in [2.05, 4.69) is 60.4 Å². The van der Waals surface area contributed by atoms with Crippen molar-refractivity contribution < 1.29 is 4.74 Å². The zero-order valence-electron chi connectivity index (χ0n) is 14.1. The minimum Gasteiger partial charge on any atom is -0.380 e. The summed E-state index contributed by atoms with van der Waals surface area (Å²) in [5.74, 6) is 0.933. The fraction of sp³-hybridized carbons (Fsp3) is 0.588. The fourth-order valence-corrected chi connectivity index (χ4v) is 2.46. The molecule has 0 radical (unpaired) electrons. The summed E-state index contributed by atoms with van der Waals surface area (Å²) in [5.41, 5.74) is 2.93. The molecule has 0 spiro atoms. The molecule has 1 heterocycles. The molecule has 22 heavy (non-hydrogen) atoms. The largest absolute Gasteiger partial charge is 0.380 e. The summed E-state index contributed by atoms with van der Waals surface area (Å²) in [5, 5.41) is 3.45. The number of aryl methyl sites for hydroxylation is 1. The van der Waals surface area contributed by atoms with Crippen molar-refractivity contribution in [1.29, 1.82) is 0 Å². The van der Waals surface area contributed by atoms with Crippen LogP contribution in [0.15, 0.2) is 29.3 Å². The third-order valence-electron chi connectivity index (χ3n) is 4.00. The Morgan fingerprint density at radius 2 is 1.86 bits per heavy atom. The van der Waals surface area contributed by atoms with Crippen molar-refractivity contribution in [3.63, 3.8) is 0 Å². The Morgan fingerprint density at radius 3 is 2.32 bits per heavy atom. The third kappa shape index (κ3) is 5.12. The lowest BCUT2D eigenvalue weighted by Crippen LogP contribution is -2.51. The van der Waals surface area contributed by atoms with E-state index in [1.165, 1.54) is 11.1 Å². The molecule has 0 unspecified atom stereocenters. The van der Waals surface area contributed by atoms with Gasteiger partial charge in [-0.15, -0.1) is 24.0 Å². The number of ether oxygens (including phenoxy) is 1. The van der Waals surface area contributed by atoms with Crippen LogP contribution in [-0.2, 0) is 17.7 Å². The first-order valence-electron chi connectivity index (χ1n) is 7.64. The Morgan fingerprint density at radius 1 is 1.27 bits per heavy atom. The van der Waals surface area contributed by atoms with E-state index in [9.17, 15) is 0 Å². The average molecular weight is 417 g/mol. The lowest BCUT2D eigenvalue weighted by Gasteiger charge is -2.39. The van der Waals surface area contributed by atoms with Crippen LogP contribution in [0.4, 0.5) is 0 Å². The van der Waals surface area contributed by atoms with Gasteiger partial charge in [0.1, 0.15) is 0 Å². The van der Waals surface area contributed by atoms with E-state index < -0.39 is 0 Å². The van der Waals surface area contributed by atoms with Crippen LogP contribution in [0.25, 0.3) is 0 Å². The Balaban J connectivity index is 0.00000242. The SMILES string of the molecule is CCc1ccc(CN(C)C(=NC)NCC2(C)COC2)cc1.I. The van der Waals surface area contributed by atoms with Crippen molar-refractivity contribution in [2.24, 2.45) is 10.4 Å². The van der Waals surface area contributed by atoms with Gasteiger partial charge in [0.05, 0.1) is 13.2 Å². The molecule has 0 aliphatic carbocycles. The molecule has 0 saturated carbocycles. The molecule has 1 fully saturated rings. The minimum atomic E-state index is 0. The quantitative estimate of drug-likeness (QED) is 0.455. The van der Waals surface area contributed by atoms with E-state index in [-0.39, 0.29) is 29.4 Å². The number of rotatable bonds is 5. The first-order chi connectivity index (χ1) is 10.1. The number of hydrogen-bond acceptors (Lipinski definition) is 2. The smallest absolute Gasteiger partial charge is 0.193 e. The molecule has 124 valence electrons. The molecule has 0 bridgehead atoms. The number of aliphatic imine (C=N–C) groups is 1. The summed E-state index contributed by atoms with van der Waals surface area (Å²) in [6, 6.07) is 8.80. The molecule has 1 saturated heterocycles. The van der Waals surface area contributed by atoms with Crippen molar-refractivity contribution in [3.8, 4) is 0 Å². The van der Waals surface area contributed by atoms with Gasteiger partial charge in [-0.2, -0.15) is 0 Å². The van der Waals surface area contributed by atoms with Gasteiger partial charge in [-0.05, 0) is 17.5 Å². The van der Waals surface area contributed by atoms with Crippen LogP contribution >= 0.6 is 24.0 Å². The van der Waals surface area contributed by atoms with Crippen LogP contribution in [-0.4, -0.2) is 44.7 Å². The van der Waals surface area contributed by atoms with Crippen LogP contribution < -0.4 is 5.32 Å². The van der Waals surface area contributed by atoms with Crippen molar-refractivity contribution in [2.45, 2.75) is 26.8 Å². The lowest BCUT2D eigenvalue weighted by molar-refractivity contribution is -0.0972. The predicted octanol–water partition coefficient (Wildman–Crippen LogP) is 2.91. The fourth-order valence-electron chi connectivity index (χ4n) is 2.46. The topological polar surface area (TPSA) is 36.9 Å². The Labute approximate surface area is 151 Å². The molecule has 0 aromatic heterocycles. The normalized spacial score (nSPS) is 16.5. The van der Waals surface area contributed by atoms with Crippen LogP contribution in [0.3, 0.4) is 0 Å². The first kappa shape index (κ1) is 19.2. The number of halogens is 1. The number of benzene rings is 1. The van der Waals surface area contributed by atoms with Gasteiger partial charge in [0, 0.05) is 32.6 Å². The van der Waals surface area contributed by atoms with Crippen LogP contribution in [0.1, 0.15) is 25.0 Å². The summed E-state index contributed by atoms with van der Waals surface area (Å²) in [6.07, 6.45) is 1.08. The minimum absolute atomic E-state index is 0. The van der Waals surface area contributed by atoms with Gasteiger partial charge in [-0.25, -0.2) is 0 Å². The molecular formula is C17H28IN3O. The number of nitrogens with zero attached hydrogens (tertiary/aromatic N) is 2. The van der Waals surface area contributed by atoms with Crippen LogP contribution in [0.2, 0.25) is 0 Å². The lowest BCUT2D eigenvalue weighted by atomic mass is 9.89. The molecule has 1 N–H and O–H groups in total. The van der Waals surface area contributed by atoms with Crippen molar-refractivity contribution in [3.05, 3.63) is 35.4 Å². The molecule has 1 aliphatic heterocycles. The van der Waals surface area contributed by atoms with Crippen molar-refractivity contribution in [2.75, 3.05) is 33.9 Å². The third-order valence-corrected chi connectivity index (χ3v) is 4.00. The van der Waals surface area contributed by atoms with Gasteiger partial charge in [0.2, 0.25) is 0 Å². The average Bonchev–Trinajstić information content (AvgIpc) is 2.47. The summed E-state index contributed by atoms with van der Waals surface area (Å²) in [6.45, 7) is 7.84. The zero-order chi connectivity index (χ0) is 15.3. The maximum Gasteiger partial charge on any atom is 0.193 e. The van der Waals surface area contributed by atoms with E-state index >= 15 is 0 Å². The standard InChI is InChI=1S/C17H27N3O.HI/c1-5-14-6-8-15(9-7-14)10-20(4)16(18-3)19-11-17(2)12-21-13-17;/h6-9H,5,10-13H2,1-4H3,(H,18,19);1H. The molecule has 4 nitrogen and oxygen atoms in total. The summed E-state index contributed by atoms with van der Waals surface area (Å²) < 4.78 is 5.29. The van der Waals surface area contributed by atoms with Gasteiger partial charge in [-0.1, -0.05) is 38.1 Å². The van der Waals surface area contributed by atoms with E-state index in [4.69, 9.17) is 4.74 Å². The zero-order valence-corrected chi connectivity index (χ0v) is 16.4. The van der Waals surface area contributed by atoms with E-state index in [1.807, 2.05) is 7.05 Å². The molecule has 1 aromatic carbocycles. The predicted molar refractivity (Wildman–Crippen MR) is 103 cm³/mol. The monoisotopic (exact) mass is 417 g/mol. The van der Waals surface area contributed by atoms with Crippen molar-refractivity contribution in [1.82, 2.24) is 10.2 Å². The highest BCUT2D eigenvalue weighted by molar-refractivity contribution is 14.0. The Kier molecular flexibility index (Phi) is 7.62. The highest BCUT2D eigenvalue weighted by Gasteiger charge is 2.33. The van der Waals surface area contributed by atoms with Gasteiger partial charge < -0.3 is 15.0 Å². The molecule has 1 aromatic rings.